The molecule has 5 nitrogen and oxygen atoms in total. The number of nitrogens with two attached hydrogens (primary N) is 1. The Morgan fingerprint density at radius 1 is 1.44 bits per heavy atom. The SMILES string of the molecule is CC[C@H](N)c1ccc(Sc2ncn[nH]2)cn1. The minimum atomic E-state index is 0.0179. The zero-order valence-electron chi connectivity index (χ0n) is 8.92. The summed E-state index contributed by atoms with van der Waals surface area (Å²) in [5, 5.41) is 7.32. The quantitative estimate of drug-likeness (QED) is 0.844. The lowest BCUT2D eigenvalue weighted by Gasteiger charge is -2.07. The Morgan fingerprint density at radius 2 is 2.31 bits per heavy atom. The van der Waals surface area contributed by atoms with Crippen LogP contribution in [0.2, 0.25) is 0 Å². The molecule has 2 aromatic heterocycles. The number of rotatable bonds is 4. The van der Waals surface area contributed by atoms with Gasteiger partial charge in [-0.15, -0.1) is 0 Å². The first-order chi connectivity index (χ1) is 7.79. The van der Waals surface area contributed by atoms with Crippen molar-refractivity contribution in [1.82, 2.24) is 20.2 Å². The first kappa shape index (κ1) is 11.1. The number of aromatic amines is 1. The van der Waals surface area contributed by atoms with Gasteiger partial charge < -0.3 is 5.73 Å². The molecule has 0 saturated heterocycles. The highest BCUT2D eigenvalue weighted by Crippen LogP contribution is 2.23. The van der Waals surface area contributed by atoms with Gasteiger partial charge in [-0.25, -0.2) is 4.98 Å². The summed E-state index contributed by atoms with van der Waals surface area (Å²) in [4.78, 5) is 9.37. The summed E-state index contributed by atoms with van der Waals surface area (Å²) >= 11 is 1.49. The predicted octanol–water partition coefficient (Wildman–Crippen LogP) is 1.76. The van der Waals surface area contributed by atoms with Gasteiger partial charge in [-0.1, -0.05) is 6.92 Å². The van der Waals surface area contributed by atoms with E-state index in [0.29, 0.717) is 0 Å². The first-order valence-corrected chi connectivity index (χ1v) is 5.86. The Morgan fingerprint density at radius 3 is 2.88 bits per heavy atom. The maximum Gasteiger partial charge on any atom is 0.188 e. The molecule has 1 atom stereocenters. The van der Waals surface area contributed by atoms with Gasteiger partial charge in [0.05, 0.1) is 5.69 Å². The maximum atomic E-state index is 5.88. The van der Waals surface area contributed by atoms with Gasteiger partial charge in [-0.3, -0.25) is 10.1 Å². The fraction of sp³-hybridized carbons (Fsp3) is 0.300. The molecule has 0 amide bonds. The first-order valence-electron chi connectivity index (χ1n) is 5.04. The molecule has 0 aliphatic heterocycles. The average Bonchev–Trinajstić information content (AvgIpc) is 2.82. The molecule has 16 heavy (non-hydrogen) atoms. The Hall–Kier alpha value is -1.40. The monoisotopic (exact) mass is 235 g/mol. The van der Waals surface area contributed by atoms with Gasteiger partial charge >= 0.3 is 0 Å². The predicted molar refractivity (Wildman–Crippen MR) is 62.0 cm³/mol. The maximum absolute atomic E-state index is 5.88. The summed E-state index contributed by atoms with van der Waals surface area (Å²) in [6, 6.07) is 3.96. The van der Waals surface area contributed by atoms with Crippen LogP contribution >= 0.6 is 11.8 Å². The third kappa shape index (κ3) is 2.59. The number of pyridine rings is 1. The van der Waals surface area contributed by atoms with E-state index in [1.165, 1.54) is 18.1 Å². The lowest BCUT2D eigenvalue weighted by Crippen LogP contribution is -2.10. The number of nitrogens with one attached hydrogen (secondary N) is 1. The number of aromatic nitrogens is 4. The van der Waals surface area contributed by atoms with E-state index in [0.717, 1.165) is 22.2 Å². The zero-order chi connectivity index (χ0) is 11.4. The van der Waals surface area contributed by atoms with Crippen molar-refractivity contribution < 1.29 is 0 Å². The summed E-state index contributed by atoms with van der Waals surface area (Å²) in [5.74, 6) is 0. The van der Waals surface area contributed by atoms with Crippen LogP contribution in [0, 0.1) is 0 Å². The van der Waals surface area contributed by atoms with Crippen molar-refractivity contribution in [2.45, 2.75) is 29.4 Å². The second-order valence-corrected chi connectivity index (χ2v) is 4.39. The number of hydrogen-bond donors (Lipinski definition) is 2. The summed E-state index contributed by atoms with van der Waals surface area (Å²) < 4.78 is 0. The lowest BCUT2D eigenvalue weighted by molar-refractivity contribution is 0.674. The van der Waals surface area contributed by atoms with Gasteiger partial charge in [-0.05, 0) is 30.3 Å². The minimum Gasteiger partial charge on any atom is -0.323 e. The second kappa shape index (κ2) is 5.09. The Balaban J connectivity index is 2.07. The van der Waals surface area contributed by atoms with Gasteiger partial charge in [-0.2, -0.15) is 5.10 Å². The molecule has 84 valence electrons. The molecule has 3 N–H and O–H groups in total. The van der Waals surface area contributed by atoms with E-state index >= 15 is 0 Å². The molecule has 0 unspecified atom stereocenters. The van der Waals surface area contributed by atoms with Gasteiger partial charge in [0.15, 0.2) is 5.16 Å². The van der Waals surface area contributed by atoms with Crippen molar-refractivity contribution in [3.05, 3.63) is 30.4 Å². The van der Waals surface area contributed by atoms with E-state index < -0.39 is 0 Å². The summed E-state index contributed by atoms with van der Waals surface area (Å²) in [6.07, 6.45) is 4.18. The molecule has 0 saturated carbocycles. The van der Waals surface area contributed by atoms with Crippen molar-refractivity contribution in [2.75, 3.05) is 0 Å². The molecule has 0 radical (unpaired) electrons. The lowest BCUT2D eigenvalue weighted by atomic mass is 10.1. The zero-order valence-corrected chi connectivity index (χ0v) is 9.74. The molecule has 0 bridgehead atoms. The van der Waals surface area contributed by atoms with E-state index in [1.807, 2.05) is 19.1 Å². The average molecular weight is 235 g/mol. The van der Waals surface area contributed by atoms with Gasteiger partial charge in [0, 0.05) is 17.1 Å². The molecular formula is C10H13N5S. The van der Waals surface area contributed by atoms with Crippen LogP contribution in [0.25, 0.3) is 0 Å². The van der Waals surface area contributed by atoms with Crippen molar-refractivity contribution in [3.8, 4) is 0 Å². The van der Waals surface area contributed by atoms with E-state index in [2.05, 4.69) is 20.2 Å². The smallest absolute Gasteiger partial charge is 0.188 e. The van der Waals surface area contributed by atoms with Crippen LogP contribution in [-0.2, 0) is 0 Å². The standard InChI is InChI=1S/C10H13N5S/c1-2-8(11)9-4-3-7(5-12-9)16-10-13-6-14-15-10/h3-6,8H,2,11H2,1H3,(H,13,14,15)/t8-/m0/s1. The van der Waals surface area contributed by atoms with Crippen molar-refractivity contribution in [2.24, 2.45) is 5.73 Å². The fourth-order valence-corrected chi connectivity index (χ4v) is 1.90. The number of H-pyrrole nitrogens is 1. The molecule has 0 aromatic carbocycles. The highest BCUT2D eigenvalue weighted by atomic mass is 32.2. The summed E-state index contributed by atoms with van der Waals surface area (Å²) in [6.45, 7) is 2.05. The number of nitrogens with zero attached hydrogens (tertiary/aromatic N) is 3. The second-order valence-electron chi connectivity index (χ2n) is 3.33. The Bertz CT molecular complexity index is 425. The van der Waals surface area contributed by atoms with Crippen LogP contribution in [-0.4, -0.2) is 20.2 Å². The van der Waals surface area contributed by atoms with E-state index in [1.54, 1.807) is 6.20 Å². The molecule has 6 heteroatoms. The molecule has 0 fully saturated rings. The van der Waals surface area contributed by atoms with Crippen LogP contribution in [0.4, 0.5) is 0 Å². The van der Waals surface area contributed by atoms with Crippen molar-refractivity contribution in [1.29, 1.82) is 0 Å². The van der Waals surface area contributed by atoms with Crippen LogP contribution in [0.1, 0.15) is 25.1 Å². The molecule has 2 rings (SSSR count). The van der Waals surface area contributed by atoms with Crippen molar-refractivity contribution >= 4 is 11.8 Å². The molecule has 2 aromatic rings. The third-order valence-electron chi connectivity index (χ3n) is 2.19. The van der Waals surface area contributed by atoms with Crippen LogP contribution < -0.4 is 5.73 Å². The fourth-order valence-electron chi connectivity index (χ4n) is 1.24. The molecule has 2 heterocycles. The topological polar surface area (TPSA) is 80.5 Å². The van der Waals surface area contributed by atoms with Crippen LogP contribution in [0.3, 0.4) is 0 Å². The minimum absolute atomic E-state index is 0.0179. The molecular weight excluding hydrogens is 222 g/mol. The Labute approximate surface area is 97.9 Å². The molecule has 0 aliphatic rings. The van der Waals surface area contributed by atoms with Crippen LogP contribution in [0.5, 0.6) is 0 Å². The van der Waals surface area contributed by atoms with E-state index in [-0.39, 0.29) is 6.04 Å². The van der Waals surface area contributed by atoms with Gasteiger partial charge in [0.25, 0.3) is 0 Å². The number of hydrogen-bond acceptors (Lipinski definition) is 5. The van der Waals surface area contributed by atoms with Gasteiger partial charge in [0.2, 0.25) is 0 Å². The van der Waals surface area contributed by atoms with E-state index in [9.17, 15) is 0 Å². The third-order valence-corrected chi connectivity index (χ3v) is 3.05. The largest absolute Gasteiger partial charge is 0.323 e. The van der Waals surface area contributed by atoms with Crippen LogP contribution in [0.15, 0.2) is 34.7 Å². The summed E-state index contributed by atoms with van der Waals surface area (Å²) in [5.41, 5.74) is 6.80. The van der Waals surface area contributed by atoms with Crippen molar-refractivity contribution in [3.63, 3.8) is 0 Å². The molecule has 0 aliphatic carbocycles. The Kier molecular flexibility index (Phi) is 3.53. The van der Waals surface area contributed by atoms with E-state index in [4.69, 9.17) is 5.73 Å². The highest BCUT2D eigenvalue weighted by molar-refractivity contribution is 7.99. The van der Waals surface area contributed by atoms with Gasteiger partial charge in [0.1, 0.15) is 6.33 Å². The highest BCUT2D eigenvalue weighted by Gasteiger charge is 2.05. The molecule has 0 spiro atoms. The summed E-state index contributed by atoms with van der Waals surface area (Å²) in [7, 11) is 0. The normalized spacial score (nSPS) is 12.6.